The maximum atomic E-state index is 8.75. The highest BCUT2D eigenvalue weighted by Gasteiger charge is 2.06. The quantitative estimate of drug-likeness (QED) is 0.565. The average Bonchev–Trinajstić information content (AvgIpc) is 2.30. The molecule has 3 heteroatoms. The SMILES string of the molecule is OCCCCc1[nH+]ccc2ccccc12.[I-]. The summed E-state index contributed by atoms with van der Waals surface area (Å²) in [7, 11) is 0. The fraction of sp³-hybridized carbons (Fsp3) is 0.308. The van der Waals surface area contributed by atoms with E-state index >= 15 is 0 Å². The number of H-pyrrole nitrogens is 1. The predicted molar refractivity (Wildman–Crippen MR) is 60.5 cm³/mol. The van der Waals surface area contributed by atoms with Gasteiger partial charge >= 0.3 is 0 Å². The van der Waals surface area contributed by atoms with E-state index in [0.29, 0.717) is 0 Å². The van der Waals surface area contributed by atoms with E-state index in [4.69, 9.17) is 5.11 Å². The molecule has 0 unspecified atom stereocenters. The summed E-state index contributed by atoms with van der Waals surface area (Å²) in [5.74, 6) is 0. The number of rotatable bonds is 4. The average molecular weight is 329 g/mol. The first-order chi connectivity index (χ1) is 7.42. The Morgan fingerprint density at radius 3 is 2.69 bits per heavy atom. The highest BCUT2D eigenvalue weighted by atomic mass is 127. The molecule has 16 heavy (non-hydrogen) atoms. The van der Waals surface area contributed by atoms with Crippen molar-refractivity contribution in [2.75, 3.05) is 6.61 Å². The lowest BCUT2D eigenvalue weighted by molar-refractivity contribution is -0.388. The first kappa shape index (κ1) is 13.4. The topological polar surface area (TPSA) is 34.4 Å². The summed E-state index contributed by atoms with van der Waals surface area (Å²) < 4.78 is 0. The number of pyridine rings is 1. The number of aromatic amines is 1. The normalized spacial score (nSPS) is 10.1. The molecular formula is C13H16INO. The van der Waals surface area contributed by atoms with E-state index in [2.05, 4.69) is 35.3 Å². The Bertz CT molecular complexity index is 439. The molecule has 0 saturated carbocycles. The number of nitrogens with one attached hydrogen (secondary N) is 1. The molecule has 0 aliphatic rings. The zero-order valence-corrected chi connectivity index (χ0v) is 11.3. The van der Waals surface area contributed by atoms with Crippen molar-refractivity contribution in [2.24, 2.45) is 0 Å². The molecule has 1 aromatic heterocycles. The summed E-state index contributed by atoms with van der Waals surface area (Å²) in [6.45, 7) is 0.283. The van der Waals surface area contributed by atoms with Crippen molar-refractivity contribution < 1.29 is 34.1 Å². The maximum absolute atomic E-state index is 8.75. The molecule has 86 valence electrons. The van der Waals surface area contributed by atoms with Crippen LogP contribution in [0.15, 0.2) is 36.5 Å². The van der Waals surface area contributed by atoms with E-state index in [-0.39, 0.29) is 30.6 Å². The van der Waals surface area contributed by atoms with Gasteiger partial charge in [0.1, 0.15) is 0 Å². The van der Waals surface area contributed by atoms with Gasteiger partial charge in [-0.2, -0.15) is 0 Å². The molecule has 0 bridgehead atoms. The molecule has 2 nitrogen and oxygen atoms in total. The summed E-state index contributed by atoms with van der Waals surface area (Å²) in [5, 5.41) is 11.3. The van der Waals surface area contributed by atoms with E-state index in [1.807, 2.05) is 6.20 Å². The van der Waals surface area contributed by atoms with Crippen molar-refractivity contribution in [3.8, 4) is 0 Å². The molecule has 0 amide bonds. The number of fused-ring (bicyclic) bond motifs is 1. The number of aliphatic hydroxyl groups is 1. The van der Waals surface area contributed by atoms with Gasteiger partial charge in [-0.05, 0) is 24.3 Å². The van der Waals surface area contributed by atoms with Crippen LogP contribution >= 0.6 is 0 Å². The summed E-state index contributed by atoms with van der Waals surface area (Å²) in [4.78, 5) is 3.29. The van der Waals surface area contributed by atoms with E-state index in [0.717, 1.165) is 19.3 Å². The fourth-order valence-corrected chi connectivity index (χ4v) is 1.85. The molecule has 0 saturated heterocycles. The first-order valence-corrected chi connectivity index (χ1v) is 5.41. The largest absolute Gasteiger partial charge is 1.00 e. The van der Waals surface area contributed by atoms with Crippen LogP contribution in [0, 0.1) is 0 Å². The fourth-order valence-electron chi connectivity index (χ4n) is 1.85. The van der Waals surface area contributed by atoms with Crippen LogP contribution in [0.1, 0.15) is 18.5 Å². The van der Waals surface area contributed by atoms with Gasteiger partial charge in [-0.15, -0.1) is 0 Å². The predicted octanol–water partition coefficient (Wildman–Crippen LogP) is -1.03. The van der Waals surface area contributed by atoms with Crippen LogP contribution in [0.5, 0.6) is 0 Å². The van der Waals surface area contributed by atoms with Gasteiger partial charge in [0.05, 0.1) is 0 Å². The Hall–Kier alpha value is -0.680. The third-order valence-corrected chi connectivity index (χ3v) is 2.64. The van der Waals surface area contributed by atoms with Crippen LogP contribution < -0.4 is 29.0 Å². The van der Waals surface area contributed by atoms with Crippen LogP contribution in [0.2, 0.25) is 0 Å². The third-order valence-electron chi connectivity index (χ3n) is 2.64. The van der Waals surface area contributed by atoms with Gasteiger partial charge in [0.15, 0.2) is 11.9 Å². The molecule has 1 aromatic carbocycles. The number of unbranched alkanes of at least 4 members (excludes halogenated alkanes) is 1. The standard InChI is InChI=1S/C13H15NO.HI/c15-10-4-3-7-13-12-6-2-1-5-11(12)8-9-14-13;/h1-2,5-6,8-9,15H,3-4,7,10H2;1H. The lowest BCUT2D eigenvalue weighted by Gasteiger charge is -1.99. The van der Waals surface area contributed by atoms with E-state index in [1.54, 1.807) is 0 Å². The molecule has 0 aliphatic carbocycles. The second kappa shape index (κ2) is 6.81. The molecule has 2 aromatic rings. The lowest BCUT2D eigenvalue weighted by Crippen LogP contribution is -3.00. The van der Waals surface area contributed by atoms with Crippen molar-refractivity contribution in [1.82, 2.24) is 0 Å². The van der Waals surface area contributed by atoms with E-state index < -0.39 is 0 Å². The molecule has 0 radical (unpaired) electrons. The summed E-state index contributed by atoms with van der Waals surface area (Å²) >= 11 is 0. The van der Waals surface area contributed by atoms with Gasteiger partial charge < -0.3 is 29.1 Å². The van der Waals surface area contributed by atoms with Gasteiger partial charge in [0, 0.05) is 24.5 Å². The van der Waals surface area contributed by atoms with Crippen molar-refractivity contribution in [3.63, 3.8) is 0 Å². The highest BCUT2D eigenvalue weighted by Crippen LogP contribution is 2.15. The maximum Gasteiger partial charge on any atom is 0.187 e. The van der Waals surface area contributed by atoms with Crippen LogP contribution in [0.4, 0.5) is 0 Å². The van der Waals surface area contributed by atoms with Crippen molar-refractivity contribution in [1.29, 1.82) is 0 Å². The molecule has 2 rings (SSSR count). The van der Waals surface area contributed by atoms with Crippen LogP contribution in [0.3, 0.4) is 0 Å². The lowest BCUT2D eigenvalue weighted by atomic mass is 10.1. The number of aryl methyl sites for hydroxylation is 1. The number of halogens is 1. The zero-order valence-electron chi connectivity index (χ0n) is 9.12. The highest BCUT2D eigenvalue weighted by molar-refractivity contribution is 5.83. The molecular weight excluding hydrogens is 313 g/mol. The van der Waals surface area contributed by atoms with Crippen LogP contribution in [-0.2, 0) is 6.42 Å². The smallest absolute Gasteiger partial charge is 0.187 e. The van der Waals surface area contributed by atoms with Gasteiger partial charge in [-0.25, -0.2) is 4.98 Å². The van der Waals surface area contributed by atoms with Crippen molar-refractivity contribution >= 4 is 10.8 Å². The Balaban J connectivity index is 0.00000128. The molecule has 0 spiro atoms. The number of hydrogen-bond donors (Lipinski definition) is 1. The Kier molecular flexibility index (Phi) is 5.69. The summed E-state index contributed by atoms with van der Waals surface area (Å²) in [6.07, 6.45) is 4.89. The minimum absolute atomic E-state index is 0. The number of benzene rings is 1. The van der Waals surface area contributed by atoms with Crippen molar-refractivity contribution in [3.05, 3.63) is 42.2 Å². The first-order valence-electron chi connectivity index (χ1n) is 5.41. The molecule has 0 aliphatic heterocycles. The van der Waals surface area contributed by atoms with E-state index in [1.165, 1.54) is 16.5 Å². The van der Waals surface area contributed by atoms with Gasteiger partial charge in [-0.3, -0.25) is 0 Å². The van der Waals surface area contributed by atoms with Gasteiger partial charge in [0.25, 0.3) is 0 Å². The third kappa shape index (κ3) is 3.15. The zero-order chi connectivity index (χ0) is 10.5. The molecule has 2 N–H and O–H groups in total. The number of hydrogen-bond acceptors (Lipinski definition) is 1. The Labute approximate surface area is 113 Å². The van der Waals surface area contributed by atoms with Crippen molar-refractivity contribution in [2.45, 2.75) is 19.3 Å². The van der Waals surface area contributed by atoms with E-state index in [9.17, 15) is 0 Å². The van der Waals surface area contributed by atoms with Crippen LogP contribution in [0.25, 0.3) is 10.8 Å². The minimum Gasteiger partial charge on any atom is -1.00 e. The second-order valence-electron chi connectivity index (χ2n) is 3.72. The van der Waals surface area contributed by atoms with Gasteiger partial charge in [0.2, 0.25) is 0 Å². The monoisotopic (exact) mass is 329 g/mol. The van der Waals surface area contributed by atoms with Gasteiger partial charge in [-0.1, -0.05) is 18.2 Å². The molecule has 0 fully saturated rings. The number of aromatic nitrogens is 1. The molecule has 0 atom stereocenters. The Morgan fingerprint density at radius 1 is 1.06 bits per heavy atom. The molecule has 1 heterocycles. The minimum atomic E-state index is 0. The summed E-state index contributed by atoms with van der Waals surface area (Å²) in [6, 6.07) is 10.5. The summed E-state index contributed by atoms with van der Waals surface area (Å²) in [5.41, 5.74) is 1.27. The number of aliphatic hydroxyl groups excluding tert-OH is 1. The Morgan fingerprint density at radius 2 is 1.88 bits per heavy atom. The van der Waals surface area contributed by atoms with Crippen LogP contribution in [-0.4, -0.2) is 11.7 Å². The second-order valence-corrected chi connectivity index (χ2v) is 3.72.